The quantitative estimate of drug-likeness (QED) is 0.414. The molecule has 4 rings (SSSR count). The maximum absolute atomic E-state index is 13.6. The summed E-state index contributed by atoms with van der Waals surface area (Å²) < 4.78 is 30.6. The zero-order valence-corrected chi connectivity index (χ0v) is 23.9. The Balaban J connectivity index is 1.78. The minimum atomic E-state index is -3.63. The molecule has 8 nitrogen and oxygen atoms in total. The Morgan fingerprint density at radius 2 is 1.81 bits per heavy atom. The molecule has 0 aromatic rings. The number of Topliss-reactive ketones (excluding diaryl/α,β-unsaturated/α-hetero) is 1. The largest absolute Gasteiger partial charge is 0.392 e. The Hall–Kier alpha value is -1.15. The number of aliphatic hydroxyl groups is 2. The molecule has 9 heteroatoms. The summed E-state index contributed by atoms with van der Waals surface area (Å²) in [5.41, 5.74) is -2.25. The number of hydrogen-bond donors (Lipinski definition) is 2. The van der Waals surface area contributed by atoms with E-state index in [0.717, 1.165) is 18.4 Å². The molecule has 3 saturated carbocycles. The highest BCUT2D eigenvalue weighted by molar-refractivity contribution is 7.53. The molecule has 0 bridgehead atoms. The van der Waals surface area contributed by atoms with E-state index in [1.54, 1.807) is 26.0 Å². The first kappa shape index (κ1) is 28.8. The van der Waals surface area contributed by atoms with E-state index in [4.69, 9.17) is 13.8 Å². The molecule has 0 saturated heterocycles. The van der Waals surface area contributed by atoms with Gasteiger partial charge in [-0.3, -0.25) is 14.2 Å². The maximum atomic E-state index is 13.6. The molecule has 208 valence electrons. The fourth-order valence-corrected chi connectivity index (χ4v) is 10.1. The monoisotopic (exact) mass is 538 g/mol. The average molecular weight is 539 g/mol. The van der Waals surface area contributed by atoms with Crippen LogP contribution in [0.2, 0.25) is 0 Å². The third kappa shape index (κ3) is 3.93. The lowest BCUT2D eigenvalue weighted by atomic mass is 9.39. The van der Waals surface area contributed by atoms with Gasteiger partial charge in [-0.1, -0.05) is 39.3 Å². The second kappa shape index (κ2) is 9.79. The molecule has 0 spiro atoms. The van der Waals surface area contributed by atoms with Crippen LogP contribution in [0.4, 0.5) is 0 Å². The summed E-state index contributed by atoms with van der Waals surface area (Å²) in [4.78, 5) is 25.8. The third-order valence-electron chi connectivity index (χ3n) is 10.6. The van der Waals surface area contributed by atoms with E-state index in [9.17, 15) is 24.4 Å². The first-order valence-electron chi connectivity index (χ1n) is 13.6. The van der Waals surface area contributed by atoms with Gasteiger partial charge in [0, 0.05) is 16.2 Å². The van der Waals surface area contributed by atoms with Gasteiger partial charge in [-0.05, 0) is 69.4 Å². The summed E-state index contributed by atoms with van der Waals surface area (Å²) in [6.45, 7) is 11.2. The zero-order chi connectivity index (χ0) is 27.4. The predicted molar refractivity (Wildman–Crippen MR) is 139 cm³/mol. The Labute approximate surface area is 220 Å². The molecule has 0 radical (unpaired) electrons. The standard InChI is InChI=1S/C28H43O8P/c1-7-35-37(33,36-8-2)17-34-28(24(32)16-29)18(3)13-22-21-10-9-19-14-20(30)11-12-25(19,4)27(21,6)23(31)15-26(22,28)5/h11-12,14,18,21-23,29,31H,7-10,13,15-17H2,1-6H3/t18-,21-,22-,23-,25-,26-,27+,28-/m0/s1. The lowest BCUT2D eigenvalue weighted by Gasteiger charge is -2.65. The second-order valence-electron chi connectivity index (χ2n) is 12.0. The third-order valence-corrected chi connectivity index (χ3v) is 12.4. The summed E-state index contributed by atoms with van der Waals surface area (Å²) in [6, 6.07) is 0. The van der Waals surface area contributed by atoms with Crippen LogP contribution in [0.3, 0.4) is 0 Å². The molecule has 2 N–H and O–H groups in total. The van der Waals surface area contributed by atoms with Crippen LogP contribution in [0.5, 0.6) is 0 Å². The number of carbonyl (C=O) groups is 2. The molecular formula is C28H43O8P. The summed E-state index contributed by atoms with van der Waals surface area (Å²) in [5.74, 6) is -0.721. The molecular weight excluding hydrogens is 495 g/mol. The molecule has 0 aromatic heterocycles. The summed E-state index contributed by atoms with van der Waals surface area (Å²) >= 11 is 0. The van der Waals surface area contributed by atoms with Gasteiger partial charge in [0.25, 0.3) is 0 Å². The van der Waals surface area contributed by atoms with Crippen molar-refractivity contribution in [2.45, 2.75) is 78.9 Å². The van der Waals surface area contributed by atoms with Crippen molar-refractivity contribution in [3.63, 3.8) is 0 Å². The van der Waals surface area contributed by atoms with E-state index < -0.39 is 54.3 Å². The molecule has 0 aromatic carbocycles. The molecule has 3 fully saturated rings. The van der Waals surface area contributed by atoms with Crippen LogP contribution in [0.15, 0.2) is 23.8 Å². The highest BCUT2D eigenvalue weighted by atomic mass is 31.2. The second-order valence-corrected chi connectivity index (χ2v) is 13.9. The topological polar surface area (TPSA) is 119 Å². The molecule has 4 aliphatic carbocycles. The number of ether oxygens (including phenoxy) is 1. The first-order valence-corrected chi connectivity index (χ1v) is 15.3. The van der Waals surface area contributed by atoms with Gasteiger partial charge in [-0.2, -0.15) is 0 Å². The lowest BCUT2D eigenvalue weighted by Crippen LogP contribution is -2.67. The van der Waals surface area contributed by atoms with E-state index in [1.807, 2.05) is 19.9 Å². The molecule has 4 aliphatic rings. The van der Waals surface area contributed by atoms with Crippen LogP contribution in [0.1, 0.15) is 67.2 Å². The fraction of sp³-hybridized carbons (Fsp3) is 0.786. The number of fused-ring (bicyclic) bond motifs is 5. The zero-order valence-electron chi connectivity index (χ0n) is 23.0. The summed E-state index contributed by atoms with van der Waals surface area (Å²) in [6.07, 6.45) is 6.56. The number of rotatable bonds is 9. The van der Waals surface area contributed by atoms with Crippen LogP contribution < -0.4 is 0 Å². The highest BCUT2D eigenvalue weighted by Crippen LogP contribution is 2.73. The average Bonchev–Trinajstić information content (AvgIpc) is 3.05. The first-order chi connectivity index (χ1) is 17.3. The molecule has 0 heterocycles. The van der Waals surface area contributed by atoms with Crippen molar-refractivity contribution < 1.29 is 38.2 Å². The van der Waals surface area contributed by atoms with E-state index in [0.29, 0.717) is 6.42 Å². The van der Waals surface area contributed by atoms with E-state index >= 15 is 0 Å². The van der Waals surface area contributed by atoms with Crippen LogP contribution >= 0.6 is 7.60 Å². The van der Waals surface area contributed by atoms with Gasteiger partial charge in [-0.25, -0.2) is 0 Å². The van der Waals surface area contributed by atoms with Gasteiger partial charge in [0.1, 0.15) is 18.6 Å². The van der Waals surface area contributed by atoms with Crippen LogP contribution in [0, 0.1) is 34.0 Å². The Bertz CT molecular complexity index is 1040. The van der Waals surface area contributed by atoms with E-state index in [2.05, 4.69) is 13.8 Å². The van der Waals surface area contributed by atoms with Crippen molar-refractivity contribution in [2.24, 2.45) is 34.0 Å². The Morgan fingerprint density at radius 3 is 2.41 bits per heavy atom. The predicted octanol–water partition coefficient (Wildman–Crippen LogP) is 4.44. The lowest BCUT2D eigenvalue weighted by molar-refractivity contribution is -0.217. The normalized spacial score (nSPS) is 43.1. The van der Waals surface area contributed by atoms with Crippen LogP contribution in [-0.2, 0) is 27.9 Å². The van der Waals surface area contributed by atoms with Crippen molar-refractivity contribution in [1.82, 2.24) is 0 Å². The molecule has 37 heavy (non-hydrogen) atoms. The van der Waals surface area contributed by atoms with Gasteiger partial charge in [-0.15, -0.1) is 0 Å². The summed E-state index contributed by atoms with van der Waals surface area (Å²) in [5, 5.41) is 22.1. The van der Waals surface area contributed by atoms with Crippen molar-refractivity contribution in [1.29, 1.82) is 0 Å². The minimum Gasteiger partial charge on any atom is -0.392 e. The number of aliphatic hydroxyl groups excluding tert-OH is 2. The van der Waals surface area contributed by atoms with Gasteiger partial charge >= 0.3 is 7.60 Å². The van der Waals surface area contributed by atoms with Crippen LogP contribution in [-0.4, -0.2) is 59.7 Å². The van der Waals surface area contributed by atoms with Crippen molar-refractivity contribution in [2.75, 3.05) is 26.2 Å². The van der Waals surface area contributed by atoms with E-state index in [1.165, 1.54) is 0 Å². The molecule has 8 atom stereocenters. The Morgan fingerprint density at radius 1 is 1.16 bits per heavy atom. The molecule has 0 aliphatic heterocycles. The SMILES string of the molecule is CCOP(=O)(CO[C@]1(C(=O)CO)[C@@H](C)C[C@H]2[C@@H]3CCC4=CC(=O)C=C[C@]4(C)[C@@]3(C)[C@@H](O)C[C@@]21C)OCC. The van der Waals surface area contributed by atoms with Gasteiger partial charge < -0.3 is 24.0 Å². The molecule has 0 amide bonds. The van der Waals surface area contributed by atoms with Crippen molar-refractivity contribution >= 4 is 19.2 Å². The van der Waals surface area contributed by atoms with Gasteiger partial charge in [0.05, 0.1) is 19.3 Å². The van der Waals surface area contributed by atoms with Crippen molar-refractivity contribution in [3.05, 3.63) is 23.8 Å². The van der Waals surface area contributed by atoms with Gasteiger partial charge in [0.2, 0.25) is 0 Å². The number of hydrogen-bond acceptors (Lipinski definition) is 8. The minimum absolute atomic E-state index is 0.00868. The van der Waals surface area contributed by atoms with E-state index in [-0.39, 0.29) is 43.2 Å². The van der Waals surface area contributed by atoms with Gasteiger partial charge in [0.15, 0.2) is 11.6 Å². The number of allylic oxidation sites excluding steroid dienone is 4. The fourth-order valence-electron chi connectivity index (χ4n) is 8.75. The maximum Gasteiger partial charge on any atom is 0.356 e. The van der Waals surface area contributed by atoms with Crippen molar-refractivity contribution in [3.8, 4) is 0 Å². The van der Waals surface area contributed by atoms with Crippen LogP contribution in [0.25, 0.3) is 0 Å². The highest BCUT2D eigenvalue weighted by Gasteiger charge is 2.74. The molecule has 0 unspecified atom stereocenters. The number of carbonyl (C=O) groups excluding carboxylic acids is 2. The number of ketones is 2. The summed E-state index contributed by atoms with van der Waals surface area (Å²) in [7, 11) is -3.63. The Kier molecular flexibility index (Phi) is 7.64. The smallest absolute Gasteiger partial charge is 0.356 e.